The molecule has 0 fully saturated rings. The molecule has 5 aromatic rings. The highest BCUT2D eigenvalue weighted by Crippen LogP contribution is 2.47. The molecule has 1 aliphatic carbocycles. The van der Waals surface area contributed by atoms with Crippen molar-refractivity contribution in [2.45, 2.75) is 37.1 Å². The Morgan fingerprint density at radius 1 is 0.740 bits per heavy atom. The van der Waals surface area contributed by atoms with Crippen LogP contribution in [0.5, 0.6) is 0 Å². The van der Waals surface area contributed by atoms with Crippen molar-refractivity contribution in [3.8, 4) is 0 Å². The van der Waals surface area contributed by atoms with Crippen molar-refractivity contribution in [3.05, 3.63) is 154 Å². The van der Waals surface area contributed by atoms with Gasteiger partial charge in [-0.1, -0.05) is 89.8 Å². The number of thiazole rings is 1. The van der Waals surface area contributed by atoms with Crippen LogP contribution >= 0.6 is 23.1 Å². The minimum atomic E-state index is 0.746. The van der Waals surface area contributed by atoms with Crippen LogP contribution in [0.15, 0.2) is 154 Å². The van der Waals surface area contributed by atoms with Crippen LogP contribution in [-0.4, -0.2) is 34.0 Å². The van der Waals surface area contributed by atoms with Crippen molar-refractivity contribution in [2.75, 3.05) is 43.8 Å². The molecule has 2 heterocycles. The molecule has 0 N–H and O–H groups in total. The quantitative estimate of drug-likeness (QED) is 0.0851. The summed E-state index contributed by atoms with van der Waals surface area (Å²) in [5, 5.41) is 2.51. The summed E-state index contributed by atoms with van der Waals surface area (Å²) in [5.41, 5.74) is 8.79. The molecule has 0 unspecified atom stereocenters. The number of rotatable bonds is 14. The number of hydrogen-bond donors (Lipinski definition) is 0. The Balaban J connectivity index is 1.33. The van der Waals surface area contributed by atoms with E-state index in [1.807, 2.05) is 23.1 Å². The number of fused-ring (bicyclic) bond motifs is 2. The van der Waals surface area contributed by atoms with Gasteiger partial charge in [-0.25, -0.2) is 0 Å². The van der Waals surface area contributed by atoms with Crippen molar-refractivity contribution < 1.29 is 14.0 Å². The lowest BCUT2D eigenvalue weighted by Gasteiger charge is -2.28. The van der Waals surface area contributed by atoms with Gasteiger partial charge in [0, 0.05) is 62.2 Å². The lowest BCUT2D eigenvalue weighted by atomic mass is 10.1. The zero-order chi connectivity index (χ0) is 34.1. The number of aryl methyl sites for hydroxylation is 1. The summed E-state index contributed by atoms with van der Waals surface area (Å²) in [6.45, 7) is 3.33. The van der Waals surface area contributed by atoms with Crippen molar-refractivity contribution in [1.82, 2.24) is 0 Å². The molecule has 7 heteroatoms. The number of aromatic nitrogens is 1. The second kappa shape index (κ2) is 16.5. The van der Waals surface area contributed by atoms with Gasteiger partial charge in [0.15, 0.2) is 6.54 Å². The molecule has 0 saturated carbocycles. The maximum Gasteiger partial charge on any atom is 0.262 e. The Kier molecular flexibility index (Phi) is 11.3. The summed E-state index contributed by atoms with van der Waals surface area (Å²) in [7, 11) is 3.56. The fraction of sp³-hybridized carbons (Fsp3) is 0.233. The second-order valence-corrected chi connectivity index (χ2v) is 14.5. The number of para-hydroxylation sites is 4. The van der Waals surface area contributed by atoms with Gasteiger partial charge in [-0.05, 0) is 85.0 Å². The molecule has 50 heavy (non-hydrogen) atoms. The topological polar surface area (TPSA) is 28.8 Å². The summed E-state index contributed by atoms with van der Waals surface area (Å²) in [6, 6.07) is 39.0. The number of nitrogens with zero attached hydrogens (tertiary/aromatic N) is 3. The minimum absolute atomic E-state index is 0.746. The van der Waals surface area contributed by atoms with E-state index in [-0.39, 0.29) is 0 Å². The Morgan fingerprint density at radius 3 is 2.18 bits per heavy atom. The average Bonchev–Trinajstić information content (AvgIpc) is 3.84. The van der Waals surface area contributed by atoms with E-state index in [0.717, 1.165) is 63.4 Å². The number of benzene rings is 4. The van der Waals surface area contributed by atoms with Gasteiger partial charge in [-0.2, -0.15) is 4.57 Å². The molecule has 7 rings (SSSR count). The first-order valence-corrected chi connectivity index (χ1v) is 19.0. The summed E-state index contributed by atoms with van der Waals surface area (Å²) in [6.07, 6.45) is 13.3. The molecule has 0 bridgehead atoms. The predicted octanol–water partition coefficient (Wildman–Crippen LogP) is 10.5. The smallest absolute Gasteiger partial charge is 0.262 e. The fourth-order valence-corrected chi connectivity index (χ4v) is 8.96. The average molecular weight is 699 g/mol. The Bertz CT molecular complexity index is 1990. The molecule has 0 spiro atoms. The van der Waals surface area contributed by atoms with Crippen LogP contribution in [-0.2, 0) is 16.0 Å². The molecule has 0 atom stereocenters. The second-order valence-electron chi connectivity index (χ2n) is 12.4. The maximum atomic E-state index is 5.42. The van der Waals surface area contributed by atoms with Crippen molar-refractivity contribution in [1.29, 1.82) is 0 Å². The van der Waals surface area contributed by atoms with E-state index in [1.54, 1.807) is 14.2 Å². The van der Waals surface area contributed by atoms with E-state index in [9.17, 15) is 0 Å². The van der Waals surface area contributed by atoms with Crippen LogP contribution in [0.25, 0.3) is 16.3 Å². The van der Waals surface area contributed by atoms with E-state index in [4.69, 9.17) is 9.47 Å². The lowest BCUT2D eigenvalue weighted by Crippen LogP contribution is -2.35. The number of allylic oxidation sites excluding steroid dienone is 5. The molecule has 0 radical (unpaired) electrons. The number of anilines is 3. The van der Waals surface area contributed by atoms with Crippen LogP contribution in [0.1, 0.15) is 30.7 Å². The van der Waals surface area contributed by atoms with Gasteiger partial charge in [0.05, 0.1) is 23.0 Å². The highest BCUT2D eigenvalue weighted by molar-refractivity contribution is 8.03. The number of hydrogen-bond acceptors (Lipinski definition) is 6. The summed E-state index contributed by atoms with van der Waals surface area (Å²) in [4.78, 5) is 6.20. The number of thioether (sulfide) groups is 1. The fourth-order valence-electron chi connectivity index (χ4n) is 6.78. The first-order chi connectivity index (χ1) is 24.7. The van der Waals surface area contributed by atoms with E-state index in [2.05, 4.69) is 148 Å². The third kappa shape index (κ3) is 7.52. The number of methoxy groups -OCH3 is 2. The van der Waals surface area contributed by atoms with Gasteiger partial charge in [0.2, 0.25) is 5.52 Å². The largest absolute Gasteiger partial charge is 0.385 e. The summed E-state index contributed by atoms with van der Waals surface area (Å²) < 4.78 is 14.6. The summed E-state index contributed by atoms with van der Waals surface area (Å²) >= 11 is 3.71. The van der Waals surface area contributed by atoms with Crippen LogP contribution in [0.3, 0.4) is 0 Å². The first kappa shape index (κ1) is 34.1. The third-order valence-electron chi connectivity index (χ3n) is 9.11. The van der Waals surface area contributed by atoms with Gasteiger partial charge < -0.3 is 19.3 Å². The summed E-state index contributed by atoms with van der Waals surface area (Å²) in [5.74, 6) is 0. The SMILES string of the molecule is COCCCN1/C(=C/C=C2\CCC(/C=C/c3sc4ccccc4[n+]3CCCOC)=C2N(c2ccccc2)c2ccccc2)Sc2ccccc21. The van der Waals surface area contributed by atoms with Crippen LogP contribution in [0.2, 0.25) is 0 Å². The highest BCUT2D eigenvalue weighted by atomic mass is 32.2. The zero-order valence-corrected chi connectivity index (χ0v) is 30.5. The van der Waals surface area contributed by atoms with Gasteiger partial charge in [-0.15, -0.1) is 0 Å². The van der Waals surface area contributed by atoms with E-state index in [1.165, 1.54) is 47.7 Å². The van der Waals surface area contributed by atoms with Gasteiger partial charge in [0.25, 0.3) is 5.01 Å². The van der Waals surface area contributed by atoms with Gasteiger partial charge in [0.1, 0.15) is 4.70 Å². The molecule has 1 aromatic heterocycles. The molecular formula is C43H44N3O2S2+. The molecule has 254 valence electrons. The lowest BCUT2D eigenvalue weighted by molar-refractivity contribution is -0.669. The molecular weight excluding hydrogens is 655 g/mol. The molecule has 0 amide bonds. The molecule has 4 aromatic carbocycles. The number of ether oxygens (including phenoxy) is 2. The molecule has 2 aliphatic rings. The standard InChI is InChI=1S/C43H44N3O2S2/c1-47-31-13-29-44-37-19-9-11-21-39(37)49-41(44)27-25-33-23-24-34(43(33)46(35-15-5-3-6-16-35)36-17-7-4-8-18-36)26-28-42-45(30-14-32-48-2)38-20-10-12-22-40(38)50-42/h3-12,15-22,25-28H,13-14,23-24,29-32H2,1-2H3/q+1. The Morgan fingerprint density at radius 2 is 1.42 bits per heavy atom. The van der Waals surface area contributed by atoms with E-state index < -0.39 is 0 Å². The van der Waals surface area contributed by atoms with Crippen LogP contribution in [0, 0.1) is 0 Å². The Hall–Kier alpha value is -4.40. The highest BCUT2D eigenvalue weighted by Gasteiger charge is 2.28. The predicted molar refractivity (Wildman–Crippen MR) is 211 cm³/mol. The first-order valence-electron chi connectivity index (χ1n) is 17.4. The molecule has 1 aliphatic heterocycles. The maximum absolute atomic E-state index is 5.42. The monoisotopic (exact) mass is 698 g/mol. The third-order valence-corrected chi connectivity index (χ3v) is 11.4. The van der Waals surface area contributed by atoms with Crippen LogP contribution in [0.4, 0.5) is 17.1 Å². The van der Waals surface area contributed by atoms with Gasteiger partial charge in [-0.3, -0.25) is 0 Å². The minimum Gasteiger partial charge on any atom is -0.385 e. The molecule has 0 saturated heterocycles. The van der Waals surface area contributed by atoms with E-state index in [0.29, 0.717) is 0 Å². The van der Waals surface area contributed by atoms with Crippen LogP contribution < -0.4 is 14.4 Å². The molecule has 5 nitrogen and oxygen atoms in total. The van der Waals surface area contributed by atoms with Crippen molar-refractivity contribution >= 4 is 56.5 Å². The normalized spacial score (nSPS) is 16.1. The van der Waals surface area contributed by atoms with Crippen molar-refractivity contribution in [2.24, 2.45) is 0 Å². The Labute approximate surface area is 304 Å². The zero-order valence-electron chi connectivity index (χ0n) is 28.8. The van der Waals surface area contributed by atoms with E-state index >= 15 is 0 Å². The van der Waals surface area contributed by atoms with Gasteiger partial charge >= 0.3 is 0 Å². The van der Waals surface area contributed by atoms with Crippen molar-refractivity contribution in [3.63, 3.8) is 0 Å².